The van der Waals surface area contributed by atoms with Gasteiger partial charge in [-0.25, -0.2) is 0 Å². The molecule has 4 aromatic rings. The summed E-state index contributed by atoms with van der Waals surface area (Å²) in [5.74, 6) is 11.1. The van der Waals surface area contributed by atoms with Crippen molar-refractivity contribution in [3.05, 3.63) is 130 Å². The monoisotopic (exact) mass is 1180 g/mol. The number of hydrogen-bond donors (Lipinski definition) is 4. The van der Waals surface area contributed by atoms with E-state index in [1.54, 1.807) is 9.80 Å². The van der Waals surface area contributed by atoms with E-state index in [1.807, 2.05) is 142 Å². The van der Waals surface area contributed by atoms with Crippen LogP contribution in [-0.4, -0.2) is 94.7 Å². The molecule has 4 aliphatic rings. The van der Waals surface area contributed by atoms with Gasteiger partial charge >= 0.3 is 0 Å². The van der Waals surface area contributed by atoms with Crippen molar-refractivity contribution >= 4 is 60.3 Å². The summed E-state index contributed by atoms with van der Waals surface area (Å²) >= 11 is 0. The molecule has 84 heavy (non-hydrogen) atoms. The zero-order chi connectivity index (χ0) is 58.9. The first-order valence-electron chi connectivity index (χ1n) is 29.6. The second kappa shape index (κ2) is 29.2. The standard InChI is InChI=1S/C68H84N6O8.2ClH/c1-11-43(3)61(75)71-59(67(5,6)7)65(79)73-41-51(39-57(73)63(77)69-55-35-21-29-47-27-15-17-33-53(47)55)81-49-31-19-25-45(37-49)23-13-14-24-46-26-20-32-50(38-46)82-52-40-58(64(78)70-56-36-22-30-48-28-16-18-34-54(48)56)74(42-52)66(80)60(68(8,9)10)72-62(76)44(4)12-2;;/h15-20,25-28,31-34,37-38,43-44,51-52,55-60H,11-12,21-22,29-30,35-36,39-42H2,1-10H3,(H,69,77)(H,70,78)(H,71,75)(H,72,76);2*1H/t43-,44-,51+,52+,55-,56-,57+,58+,59-,60-;;/m1../s1. The molecule has 0 radical (unpaired) electrons. The van der Waals surface area contributed by atoms with Crippen molar-refractivity contribution in [1.29, 1.82) is 0 Å². The minimum absolute atomic E-state index is 0. The van der Waals surface area contributed by atoms with E-state index in [1.165, 1.54) is 11.1 Å². The van der Waals surface area contributed by atoms with Crippen LogP contribution in [0.25, 0.3) is 0 Å². The number of aryl methyl sites for hydroxylation is 2. The van der Waals surface area contributed by atoms with Gasteiger partial charge in [-0.2, -0.15) is 0 Å². The van der Waals surface area contributed by atoms with Crippen LogP contribution in [0.5, 0.6) is 11.5 Å². The van der Waals surface area contributed by atoms with E-state index in [0.717, 1.165) is 49.7 Å². The molecule has 450 valence electrons. The van der Waals surface area contributed by atoms with Crippen LogP contribution >= 0.6 is 24.8 Å². The van der Waals surface area contributed by atoms with Gasteiger partial charge in [-0.1, -0.05) is 142 Å². The summed E-state index contributed by atoms with van der Waals surface area (Å²) in [6, 6.07) is 27.2. The van der Waals surface area contributed by atoms with Crippen LogP contribution in [0, 0.1) is 46.3 Å². The van der Waals surface area contributed by atoms with E-state index >= 15 is 0 Å². The predicted octanol–water partition coefficient (Wildman–Crippen LogP) is 10.2. The molecule has 0 aromatic heterocycles. The van der Waals surface area contributed by atoms with Gasteiger partial charge in [-0.05, 0) is 133 Å². The number of hydrogen-bond acceptors (Lipinski definition) is 8. The molecule has 4 aromatic carbocycles. The number of carbonyl (C=O) groups is 6. The summed E-state index contributed by atoms with van der Waals surface area (Å²) in [5, 5.41) is 12.6. The molecule has 0 bridgehead atoms. The number of halogens is 2. The molecule has 0 unspecified atom stereocenters. The fraction of sp³-hybridized carbons (Fsp3) is 0.500. The molecule has 0 saturated carbocycles. The van der Waals surface area contributed by atoms with Crippen molar-refractivity contribution in [2.45, 2.75) is 182 Å². The number of ether oxygens (including phenoxy) is 2. The highest BCUT2D eigenvalue weighted by Crippen LogP contribution is 2.35. The normalized spacial score (nSPS) is 21.2. The van der Waals surface area contributed by atoms with Gasteiger partial charge in [-0.15, -0.1) is 24.8 Å². The Hall–Kier alpha value is -7.00. The molecule has 4 N–H and O–H groups in total. The van der Waals surface area contributed by atoms with E-state index in [9.17, 15) is 28.8 Å². The average Bonchev–Trinajstić information content (AvgIpc) is 4.20. The van der Waals surface area contributed by atoms with Crippen LogP contribution in [-0.2, 0) is 41.6 Å². The van der Waals surface area contributed by atoms with Crippen LogP contribution in [0.4, 0.5) is 0 Å². The van der Waals surface area contributed by atoms with Crippen molar-refractivity contribution in [3.8, 4) is 35.2 Å². The Morgan fingerprint density at radius 1 is 0.560 bits per heavy atom. The van der Waals surface area contributed by atoms with Crippen molar-refractivity contribution in [3.63, 3.8) is 0 Å². The van der Waals surface area contributed by atoms with Gasteiger partial charge in [0.25, 0.3) is 0 Å². The van der Waals surface area contributed by atoms with E-state index in [-0.39, 0.29) is 110 Å². The summed E-state index contributed by atoms with van der Waals surface area (Å²) in [4.78, 5) is 88.0. The van der Waals surface area contributed by atoms with Gasteiger partial charge in [0.15, 0.2) is 0 Å². The summed E-state index contributed by atoms with van der Waals surface area (Å²) in [7, 11) is 0. The number of rotatable bonds is 16. The molecular weight excluding hydrogens is 1100 g/mol. The van der Waals surface area contributed by atoms with Crippen LogP contribution in [0.2, 0.25) is 0 Å². The summed E-state index contributed by atoms with van der Waals surface area (Å²) in [6.07, 6.45) is 6.07. The van der Waals surface area contributed by atoms with Gasteiger partial charge in [0.05, 0.1) is 25.2 Å². The molecule has 2 aliphatic carbocycles. The minimum atomic E-state index is -0.870. The Morgan fingerprint density at radius 3 is 1.31 bits per heavy atom. The van der Waals surface area contributed by atoms with Gasteiger partial charge in [0.1, 0.15) is 47.9 Å². The number of nitrogens with zero attached hydrogens (tertiary/aromatic N) is 2. The third kappa shape index (κ3) is 16.5. The molecule has 2 heterocycles. The first-order valence-corrected chi connectivity index (χ1v) is 29.6. The zero-order valence-corrected chi connectivity index (χ0v) is 52.1. The van der Waals surface area contributed by atoms with Crippen LogP contribution in [0.1, 0.15) is 166 Å². The maximum Gasteiger partial charge on any atom is 0.246 e. The van der Waals surface area contributed by atoms with Crippen molar-refractivity contribution in [2.75, 3.05) is 13.1 Å². The first-order chi connectivity index (χ1) is 39.1. The van der Waals surface area contributed by atoms with Gasteiger partial charge in [0.2, 0.25) is 35.4 Å². The smallest absolute Gasteiger partial charge is 0.246 e. The lowest BCUT2D eigenvalue weighted by atomic mass is 9.85. The number of carbonyl (C=O) groups excluding carboxylic acids is 6. The van der Waals surface area contributed by atoms with Gasteiger partial charge < -0.3 is 40.5 Å². The largest absolute Gasteiger partial charge is 0.488 e. The Kier molecular flexibility index (Phi) is 23.0. The molecule has 2 aliphatic heterocycles. The number of fused-ring (bicyclic) bond motifs is 2. The maximum absolute atomic E-state index is 14.7. The van der Waals surface area contributed by atoms with E-state index in [0.29, 0.717) is 35.5 Å². The third-order valence-electron chi connectivity index (χ3n) is 16.7. The van der Waals surface area contributed by atoms with Crippen LogP contribution in [0.15, 0.2) is 97.1 Å². The predicted molar refractivity (Wildman–Crippen MR) is 332 cm³/mol. The third-order valence-corrected chi connectivity index (χ3v) is 16.7. The number of nitrogens with one attached hydrogen (secondary N) is 4. The Bertz CT molecular complexity index is 2920. The first kappa shape index (κ1) is 66.1. The molecule has 0 spiro atoms. The Balaban J connectivity index is 0.00000566. The number of benzene rings is 4. The highest BCUT2D eigenvalue weighted by atomic mass is 35.5. The van der Waals surface area contributed by atoms with Gasteiger partial charge in [-0.3, -0.25) is 28.8 Å². The summed E-state index contributed by atoms with van der Waals surface area (Å²) in [6.45, 7) is 19.4. The van der Waals surface area contributed by atoms with Crippen molar-refractivity contribution < 1.29 is 38.2 Å². The lowest BCUT2D eigenvalue weighted by molar-refractivity contribution is -0.144. The number of likely N-dealkylation sites (tertiary alicyclic amines) is 2. The maximum atomic E-state index is 14.7. The Labute approximate surface area is 510 Å². The molecule has 14 nitrogen and oxygen atoms in total. The number of amides is 6. The molecule has 2 fully saturated rings. The molecular formula is C68H86Cl2N6O8. The minimum Gasteiger partial charge on any atom is -0.488 e. The van der Waals surface area contributed by atoms with E-state index in [2.05, 4.69) is 69.2 Å². The second-order valence-electron chi connectivity index (χ2n) is 25.1. The Morgan fingerprint density at radius 2 is 0.940 bits per heavy atom. The van der Waals surface area contributed by atoms with Crippen molar-refractivity contribution in [1.82, 2.24) is 31.1 Å². The molecule has 8 rings (SSSR count). The SMILES string of the molecule is CC[C@@H](C)C(=O)N[C@H](C(=O)N1C[C@@H](Oc2cccc(C#CC#Cc3cccc(O[C@H]4C[C@@H](C(=O)N[C@@H]5CCCc6ccccc65)N(C(=O)[C@@H](NC(=O)[C@H](C)CC)C(C)(C)C)C4)c3)c2)C[C@H]1C(=O)N[C@@H]1CCCc2ccccc21)C(C)(C)C.Cl.Cl. The van der Waals surface area contributed by atoms with Crippen LogP contribution in [0.3, 0.4) is 0 Å². The summed E-state index contributed by atoms with van der Waals surface area (Å²) in [5.41, 5.74) is 4.65. The lowest BCUT2D eigenvalue weighted by Crippen LogP contribution is -2.58. The molecule has 10 atom stereocenters. The fourth-order valence-corrected chi connectivity index (χ4v) is 11.5. The molecule has 16 heteroatoms. The quantitative estimate of drug-likeness (QED) is 0.0802. The average molecular weight is 1190 g/mol. The van der Waals surface area contributed by atoms with E-state index in [4.69, 9.17) is 9.47 Å². The summed E-state index contributed by atoms with van der Waals surface area (Å²) < 4.78 is 13.1. The molecule has 6 amide bonds. The highest BCUT2D eigenvalue weighted by Gasteiger charge is 2.48. The van der Waals surface area contributed by atoms with Crippen molar-refractivity contribution in [2.24, 2.45) is 22.7 Å². The van der Waals surface area contributed by atoms with E-state index < -0.39 is 47.2 Å². The fourth-order valence-electron chi connectivity index (χ4n) is 11.5. The second-order valence-corrected chi connectivity index (χ2v) is 25.1. The van der Waals surface area contributed by atoms with Crippen LogP contribution < -0.4 is 30.7 Å². The zero-order valence-electron chi connectivity index (χ0n) is 50.5. The molecule has 2 saturated heterocycles. The highest BCUT2D eigenvalue weighted by molar-refractivity contribution is 5.95. The van der Waals surface area contributed by atoms with Gasteiger partial charge in [0, 0.05) is 35.8 Å². The topological polar surface area (TPSA) is 175 Å². The lowest BCUT2D eigenvalue weighted by Gasteiger charge is -2.36.